The van der Waals surface area contributed by atoms with E-state index in [0.29, 0.717) is 29.9 Å². The molecule has 2 rings (SSSR count). The van der Waals surface area contributed by atoms with Crippen LogP contribution in [0.5, 0.6) is 5.75 Å². The number of aryl methyl sites for hydroxylation is 2. The highest BCUT2D eigenvalue weighted by Crippen LogP contribution is 2.23. The highest BCUT2D eigenvalue weighted by Gasteiger charge is 2.11. The van der Waals surface area contributed by atoms with Crippen LogP contribution in [0.15, 0.2) is 12.5 Å². The molecule has 19 heavy (non-hydrogen) atoms. The molecule has 0 amide bonds. The number of hydrogen-bond acceptors (Lipinski definition) is 6. The van der Waals surface area contributed by atoms with Crippen molar-refractivity contribution >= 4 is 0 Å². The summed E-state index contributed by atoms with van der Waals surface area (Å²) in [5, 5.41) is 30.1. The lowest BCUT2D eigenvalue weighted by Gasteiger charge is -2.12. The molecule has 0 bridgehead atoms. The normalized spacial score (nSPS) is 10.9. The molecule has 0 aromatic carbocycles. The van der Waals surface area contributed by atoms with E-state index in [1.807, 2.05) is 11.6 Å². The highest BCUT2D eigenvalue weighted by atomic mass is 16.3. The van der Waals surface area contributed by atoms with Gasteiger partial charge < -0.3 is 20.1 Å². The summed E-state index contributed by atoms with van der Waals surface area (Å²) < 4.78 is 1.82. The van der Waals surface area contributed by atoms with Crippen LogP contribution in [0.25, 0.3) is 0 Å². The van der Waals surface area contributed by atoms with Crippen molar-refractivity contribution in [2.24, 2.45) is 7.05 Å². The summed E-state index contributed by atoms with van der Waals surface area (Å²) >= 11 is 0. The first-order valence-electron chi connectivity index (χ1n) is 5.94. The molecule has 0 fully saturated rings. The molecule has 0 saturated heterocycles. The van der Waals surface area contributed by atoms with Crippen LogP contribution in [0.1, 0.15) is 22.6 Å². The van der Waals surface area contributed by atoms with Crippen molar-refractivity contribution in [2.75, 3.05) is 0 Å². The fourth-order valence-corrected chi connectivity index (χ4v) is 1.78. The van der Waals surface area contributed by atoms with Gasteiger partial charge in [-0.2, -0.15) is 0 Å². The SMILES string of the molecule is Cc1ncc(CO)c(CNCc2nncn2C)c1O. The van der Waals surface area contributed by atoms with Crippen LogP contribution in [-0.2, 0) is 26.7 Å². The Bertz CT molecular complexity index is 567. The minimum atomic E-state index is -0.151. The molecule has 7 nitrogen and oxygen atoms in total. The molecule has 0 radical (unpaired) electrons. The second-order valence-corrected chi connectivity index (χ2v) is 4.32. The average Bonchev–Trinajstić information content (AvgIpc) is 2.80. The van der Waals surface area contributed by atoms with E-state index in [1.165, 1.54) is 0 Å². The minimum absolute atomic E-state index is 0.122. The topological polar surface area (TPSA) is 96.1 Å². The molecule has 0 aliphatic carbocycles. The Morgan fingerprint density at radius 2 is 2.16 bits per heavy atom. The van der Waals surface area contributed by atoms with E-state index in [-0.39, 0.29) is 12.4 Å². The Morgan fingerprint density at radius 1 is 1.37 bits per heavy atom. The number of hydrogen-bond donors (Lipinski definition) is 3. The summed E-state index contributed by atoms with van der Waals surface area (Å²) in [6, 6.07) is 0. The van der Waals surface area contributed by atoms with Gasteiger partial charge in [0, 0.05) is 30.9 Å². The van der Waals surface area contributed by atoms with Gasteiger partial charge in [-0.25, -0.2) is 0 Å². The summed E-state index contributed by atoms with van der Waals surface area (Å²) in [5.41, 5.74) is 1.83. The number of rotatable bonds is 5. The second kappa shape index (κ2) is 5.77. The van der Waals surface area contributed by atoms with E-state index in [0.717, 1.165) is 5.82 Å². The molecule has 0 saturated carbocycles. The summed E-state index contributed by atoms with van der Waals surface area (Å²) in [4.78, 5) is 4.02. The number of pyridine rings is 1. The minimum Gasteiger partial charge on any atom is -0.506 e. The number of aliphatic hydroxyl groups is 1. The van der Waals surface area contributed by atoms with E-state index >= 15 is 0 Å². The fourth-order valence-electron chi connectivity index (χ4n) is 1.78. The van der Waals surface area contributed by atoms with Gasteiger partial charge in [0.2, 0.25) is 0 Å². The lowest BCUT2D eigenvalue weighted by atomic mass is 10.1. The zero-order chi connectivity index (χ0) is 13.8. The zero-order valence-corrected chi connectivity index (χ0v) is 11.0. The number of aromatic nitrogens is 4. The van der Waals surface area contributed by atoms with E-state index in [9.17, 15) is 10.2 Å². The van der Waals surface area contributed by atoms with Gasteiger partial charge in [0.15, 0.2) is 0 Å². The lowest BCUT2D eigenvalue weighted by Crippen LogP contribution is -2.17. The predicted octanol–water partition coefficient (Wildman–Crippen LogP) is 0.00622. The van der Waals surface area contributed by atoms with Crippen molar-refractivity contribution in [3.05, 3.63) is 35.2 Å². The summed E-state index contributed by atoms with van der Waals surface area (Å²) in [6.45, 7) is 2.53. The maximum Gasteiger partial charge on any atom is 0.146 e. The van der Waals surface area contributed by atoms with E-state index in [2.05, 4.69) is 20.5 Å². The number of nitrogens with one attached hydrogen (secondary N) is 1. The van der Waals surface area contributed by atoms with Crippen molar-refractivity contribution in [1.29, 1.82) is 0 Å². The van der Waals surface area contributed by atoms with Crippen LogP contribution in [0.3, 0.4) is 0 Å². The molecule has 2 aromatic rings. The van der Waals surface area contributed by atoms with Crippen molar-refractivity contribution in [3.8, 4) is 5.75 Å². The predicted molar refractivity (Wildman–Crippen MR) is 68.1 cm³/mol. The Labute approximate surface area is 110 Å². The van der Waals surface area contributed by atoms with Crippen molar-refractivity contribution in [3.63, 3.8) is 0 Å². The number of aliphatic hydroxyl groups excluding tert-OH is 1. The van der Waals surface area contributed by atoms with Crippen molar-refractivity contribution in [2.45, 2.75) is 26.6 Å². The highest BCUT2D eigenvalue weighted by molar-refractivity contribution is 5.40. The van der Waals surface area contributed by atoms with E-state index in [1.54, 1.807) is 19.4 Å². The number of nitrogens with zero attached hydrogens (tertiary/aromatic N) is 4. The molecule has 102 valence electrons. The first kappa shape index (κ1) is 13.4. The standard InChI is InChI=1S/C12H17N5O2/c1-8-12(19)10(9(6-18)3-14-8)4-13-5-11-16-15-7-17(11)2/h3,7,13,18-19H,4-6H2,1-2H3. The third-order valence-electron chi connectivity index (χ3n) is 2.99. The largest absolute Gasteiger partial charge is 0.506 e. The van der Waals surface area contributed by atoms with Crippen molar-refractivity contribution in [1.82, 2.24) is 25.1 Å². The third-order valence-corrected chi connectivity index (χ3v) is 2.99. The molecule has 2 heterocycles. The van der Waals surface area contributed by atoms with Gasteiger partial charge in [-0.15, -0.1) is 10.2 Å². The van der Waals surface area contributed by atoms with E-state index < -0.39 is 0 Å². The average molecular weight is 263 g/mol. The molecular weight excluding hydrogens is 246 g/mol. The van der Waals surface area contributed by atoms with Crippen LogP contribution in [0.2, 0.25) is 0 Å². The van der Waals surface area contributed by atoms with Gasteiger partial charge in [-0.05, 0) is 6.92 Å². The van der Waals surface area contributed by atoms with Crippen LogP contribution in [-0.4, -0.2) is 30.0 Å². The summed E-state index contributed by atoms with van der Waals surface area (Å²) in [7, 11) is 1.87. The molecule has 2 aromatic heterocycles. The first-order chi connectivity index (χ1) is 9.13. The van der Waals surface area contributed by atoms with E-state index in [4.69, 9.17) is 0 Å². The van der Waals surface area contributed by atoms with Gasteiger partial charge in [0.25, 0.3) is 0 Å². The Morgan fingerprint density at radius 3 is 2.79 bits per heavy atom. The van der Waals surface area contributed by atoms with Gasteiger partial charge in [0.1, 0.15) is 17.9 Å². The fraction of sp³-hybridized carbons (Fsp3) is 0.417. The van der Waals surface area contributed by atoms with Gasteiger partial charge in [-0.1, -0.05) is 0 Å². The van der Waals surface area contributed by atoms with Crippen LogP contribution >= 0.6 is 0 Å². The molecule has 0 aliphatic rings. The maximum atomic E-state index is 9.97. The Balaban J connectivity index is 2.07. The lowest BCUT2D eigenvalue weighted by molar-refractivity contribution is 0.278. The van der Waals surface area contributed by atoms with Crippen LogP contribution in [0.4, 0.5) is 0 Å². The molecule has 0 spiro atoms. The molecule has 7 heteroatoms. The Kier molecular flexibility index (Phi) is 4.08. The molecular formula is C12H17N5O2. The molecule has 3 N–H and O–H groups in total. The van der Waals surface area contributed by atoms with Gasteiger partial charge in [0.05, 0.1) is 18.8 Å². The van der Waals surface area contributed by atoms with Crippen LogP contribution < -0.4 is 5.32 Å². The van der Waals surface area contributed by atoms with Crippen molar-refractivity contribution < 1.29 is 10.2 Å². The first-order valence-corrected chi connectivity index (χ1v) is 5.94. The summed E-state index contributed by atoms with van der Waals surface area (Å²) in [5.74, 6) is 0.924. The van der Waals surface area contributed by atoms with Gasteiger partial charge >= 0.3 is 0 Å². The molecule has 0 aliphatic heterocycles. The Hall–Kier alpha value is -1.99. The molecule has 0 unspecified atom stereocenters. The molecule has 0 atom stereocenters. The monoisotopic (exact) mass is 263 g/mol. The number of aromatic hydroxyl groups is 1. The quantitative estimate of drug-likeness (QED) is 0.703. The maximum absolute atomic E-state index is 9.97. The zero-order valence-electron chi connectivity index (χ0n) is 11.0. The second-order valence-electron chi connectivity index (χ2n) is 4.32. The van der Waals surface area contributed by atoms with Gasteiger partial charge in [-0.3, -0.25) is 4.98 Å². The summed E-state index contributed by atoms with van der Waals surface area (Å²) in [6.07, 6.45) is 3.21. The van der Waals surface area contributed by atoms with Crippen LogP contribution in [0, 0.1) is 6.92 Å². The third kappa shape index (κ3) is 2.88. The smallest absolute Gasteiger partial charge is 0.146 e.